The minimum Gasteiger partial charge on any atom is -0.377 e. The van der Waals surface area contributed by atoms with Crippen LogP contribution < -0.4 is 9.47 Å². The Bertz CT molecular complexity index is 1280. The van der Waals surface area contributed by atoms with Gasteiger partial charge in [-0.05, 0) is 35.2 Å². The summed E-state index contributed by atoms with van der Waals surface area (Å²) >= 11 is 6.32. The highest BCUT2D eigenvalue weighted by atomic mass is 35.5. The van der Waals surface area contributed by atoms with Crippen LogP contribution in [0.3, 0.4) is 0 Å². The predicted molar refractivity (Wildman–Crippen MR) is 146 cm³/mol. The van der Waals surface area contributed by atoms with Crippen molar-refractivity contribution in [2.75, 3.05) is 30.5 Å². The minimum atomic E-state index is 0.766. The van der Waals surface area contributed by atoms with E-state index >= 15 is 0 Å². The number of benzene rings is 3. The molecule has 1 heterocycles. The number of rotatable bonds is 8. The van der Waals surface area contributed by atoms with Crippen molar-refractivity contribution < 1.29 is 4.57 Å². The van der Waals surface area contributed by atoms with Gasteiger partial charge in [0.25, 0.3) is 5.82 Å². The molecule has 0 radical (unpaired) electrons. The Morgan fingerprint density at radius 3 is 2.53 bits per heavy atom. The zero-order chi connectivity index (χ0) is 22.7. The van der Waals surface area contributed by atoms with Gasteiger partial charge >= 0.3 is 0 Å². The zero-order valence-corrected chi connectivity index (χ0v) is 21.4. The van der Waals surface area contributed by atoms with Crippen LogP contribution in [0.2, 0.25) is 5.02 Å². The second-order valence-corrected chi connectivity index (χ2v) is 11.2. The van der Waals surface area contributed by atoms with Crippen molar-refractivity contribution in [2.45, 2.75) is 13.5 Å². The molecule has 3 aromatic carbocycles. The first-order chi connectivity index (χ1) is 15.5. The summed E-state index contributed by atoms with van der Waals surface area (Å²) < 4.78 is 4.65. The van der Waals surface area contributed by atoms with Gasteiger partial charge in [0.2, 0.25) is 0 Å². The monoisotopic (exact) mass is 482 g/mol. The van der Waals surface area contributed by atoms with Gasteiger partial charge in [0.05, 0.1) is 7.05 Å². The molecular weight excluding hydrogens is 454 g/mol. The quantitative estimate of drug-likeness (QED) is 0.154. The molecule has 0 aliphatic heterocycles. The average molecular weight is 483 g/mol. The van der Waals surface area contributed by atoms with E-state index in [9.17, 15) is 0 Å². The lowest BCUT2D eigenvalue weighted by Gasteiger charge is -2.16. The third-order valence-corrected chi connectivity index (χ3v) is 8.33. The van der Waals surface area contributed by atoms with Crippen LogP contribution in [0.1, 0.15) is 18.3 Å². The molecule has 0 fully saturated rings. The van der Waals surface area contributed by atoms with E-state index in [4.69, 9.17) is 11.6 Å². The number of halogens is 1. The molecule has 0 atom stereocenters. The zero-order valence-electron chi connectivity index (χ0n) is 19.0. The number of hydrogen-bond acceptors (Lipinski definition) is 3. The fourth-order valence-corrected chi connectivity index (χ4v) is 5.92. The summed E-state index contributed by atoms with van der Waals surface area (Å²) in [6.45, 7) is 3.15. The Morgan fingerprint density at radius 2 is 1.78 bits per heavy atom. The van der Waals surface area contributed by atoms with E-state index in [1.807, 2.05) is 27.7 Å². The molecule has 0 spiro atoms. The van der Waals surface area contributed by atoms with Crippen molar-refractivity contribution in [1.29, 1.82) is 0 Å². The number of aromatic nitrogens is 2. The number of nitrogens with zero attached hydrogens (tertiary/aromatic N) is 3. The van der Waals surface area contributed by atoms with Gasteiger partial charge in [-0.15, -0.1) is 0 Å². The lowest BCUT2D eigenvalue weighted by atomic mass is 10.0. The maximum Gasteiger partial charge on any atom is 0.282 e. The fraction of sp³-hybridized carbons (Fsp3) is 0.269. The van der Waals surface area contributed by atoms with Crippen LogP contribution in [0.5, 0.6) is 0 Å². The van der Waals surface area contributed by atoms with Gasteiger partial charge < -0.3 is 4.90 Å². The summed E-state index contributed by atoms with van der Waals surface area (Å²) in [6, 6.07) is 19.2. The van der Waals surface area contributed by atoms with Crippen LogP contribution in [0, 0.1) is 0 Å². The molecule has 0 saturated heterocycles. The molecule has 32 heavy (non-hydrogen) atoms. The fourth-order valence-electron chi connectivity index (χ4n) is 4.14. The molecule has 0 amide bonds. The molecule has 0 aliphatic rings. The Hall–Kier alpha value is -2.08. The van der Waals surface area contributed by atoms with E-state index in [2.05, 4.69) is 103 Å². The molecular formula is C26H29ClN3S2+. The van der Waals surface area contributed by atoms with E-state index in [0.29, 0.717) is 0 Å². The largest absolute Gasteiger partial charge is 0.377 e. The Balaban J connectivity index is 1.79. The molecule has 3 nitrogen and oxygen atoms in total. The maximum atomic E-state index is 6.32. The van der Waals surface area contributed by atoms with Crippen LogP contribution in [0.25, 0.3) is 34.0 Å². The highest BCUT2D eigenvalue weighted by molar-refractivity contribution is 8.76. The maximum absolute atomic E-state index is 6.32. The van der Waals surface area contributed by atoms with Gasteiger partial charge in [0.15, 0.2) is 11.0 Å². The van der Waals surface area contributed by atoms with Crippen LogP contribution in [-0.2, 0) is 13.6 Å². The molecule has 0 bridgehead atoms. The van der Waals surface area contributed by atoms with Gasteiger partial charge in [0.1, 0.15) is 6.54 Å². The first kappa shape index (κ1) is 23.1. The number of imidazole rings is 1. The highest BCUT2D eigenvalue weighted by Crippen LogP contribution is 2.30. The number of anilines is 1. The van der Waals surface area contributed by atoms with Crippen molar-refractivity contribution in [3.05, 3.63) is 71.0 Å². The number of fused-ring (bicyclic) bond motifs is 2. The first-order valence-electron chi connectivity index (χ1n) is 10.8. The van der Waals surface area contributed by atoms with E-state index < -0.39 is 0 Å². The van der Waals surface area contributed by atoms with Crippen LogP contribution in [0.4, 0.5) is 5.69 Å². The summed E-state index contributed by atoms with van der Waals surface area (Å²) in [7, 11) is 10.2. The summed E-state index contributed by atoms with van der Waals surface area (Å²) in [6.07, 6.45) is 4.48. The van der Waals surface area contributed by atoms with Gasteiger partial charge in [-0.3, -0.25) is 0 Å². The van der Waals surface area contributed by atoms with Crippen LogP contribution in [-0.4, -0.2) is 30.2 Å². The van der Waals surface area contributed by atoms with E-state index in [1.54, 1.807) is 0 Å². The van der Waals surface area contributed by atoms with Crippen LogP contribution >= 0.6 is 33.2 Å². The number of aryl methyl sites for hydroxylation is 2. The third kappa shape index (κ3) is 4.66. The van der Waals surface area contributed by atoms with Crippen LogP contribution in [0.15, 0.2) is 54.6 Å². The summed E-state index contributed by atoms with van der Waals surface area (Å²) in [5.74, 6) is 3.36. The molecule has 0 unspecified atom stereocenters. The second-order valence-electron chi connectivity index (χ2n) is 7.88. The Kier molecular flexibility index (Phi) is 7.39. The Morgan fingerprint density at radius 1 is 1.00 bits per heavy atom. The van der Waals surface area contributed by atoms with E-state index in [0.717, 1.165) is 28.6 Å². The standard InChI is InChI=1S/C26H29ClN3S2/c1-5-31-32-17-16-30-24-14-12-20(27)18-25(24)29(4)26(30)15-11-19-10-13-23(28(2)3)22-9-7-6-8-21(19)22/h6-15,18H,5,16-17H2,1-4H3/q+1. The van der Waals surface area contributed by atoms with Crippen molar-refractivity contribution in [2.24, 2.45) is 7.05 Å². The van der Waals surface area contributed by atoms with Crippen molar-refractivity contribution in [3.8, 4) is 0 Å². The van der Waals surface area contributed by atoms with Gasteiger partial charge in [-0.2, -0.15) is 0 Å². The molecule has 166 valence electrons. The predicted octanol–water partition coefficient (Wildman–Crippen LogP) is 6.91. The second kappa shape index (κ2) is 10.2. The topological polar surface area (TPSA) is 12.1 Å². The average Bonchev–Trinajstić information content (AvgIpc) is 3.05. The molecule has 4 aromatic rings. The van der Waals surface area contributed by atoms with E-state index in [-0.39, 0.29) is 0 Å². The molecule has 4 rings (SSSR count). The van der Waals surface area contributed by atoms with Crippen molar-refractivity contribution in [1.82, 2.24) is 4.57 Å². The minimum absolute atomic E-state index is 0.766. The van der Waals surface area contributed by atoms with Gasteiger partial charge in [-0.25, -0.2) is 9.13 Å². The molecule has 0 aliphatic carbocycles. The SMILES string of the molecule is CCSSCC[n+]1c(/C=C/c2ccc(N(C)C)c3ccccc23)n(C)c2cc(Cl)ccc21. The number of hydrogen-bond donors (Lipinski definition) is 0. The van der Waals surface area contributed by atoms with Gasteiger partial charge in [0, 0.05) is 53.8 Å². The summed E-state index contributed by atoms with van der Waals surface area (Å²) in [5.41, 5.74) is 4.82. The summed E-state index contributed by atoms with van der Waals surface area (Å²) in [4.78, 5) is 2.17. The Labute approximate surface area is 203 Å². The normalized spacial score (nSPS) is 11.8. The van der Waals surface area contributed by atoms with Gasteiger partial charge in [-0.1, -0.05) is 70.4 Å². The van der Waals surface area contributed by atoms with Crippen molar-refractivity contribution in [3.63, 3.8) is 0 Å². The molecule has 0 N–H and O–H groups in total. The molecule has 0 saturated carbocycles. The smallest absolute Gasteiger partial charge is 0.282 e. The first-order valence-corrected chi connectivity index (χ1v) is 13.7. The third-order valence-electron chi connectivity index (χ3n) is 5.64. The molecule has 1 aromatic heterocycles. The van der Waals surface area contributed by atoms with E-state index in [1.165, 1.54) is 33.4 Å². The van der Waals surface area contributed by atoms with Crippen molar-refractivity contribution >= 4 is 72.8 Å². The molecule has 6 heteroatoms. The highest BCUT2D eigenvalue weighted by Gasteiger charge is 2.21. The summed E-state index contributed by atoms with van der Waals surface area (Å²) in [5, 5.41) is 3.30. The lowest BCUT2D eigenvalue weighted by Crippen LogP contribution is -2.37. The lowest BCUT2D eigenvalue weighted by molar-refractivity contribution is -0.669.